The summed E-state index contributed by atoms with van der Waals surface area (Å²) in [7, 11) is 0. The van der Waals surface area contributed by atoms with Gasteiger partial charge in [0.1, 0.15) is 5.75 Å². The number of fused-ring (bicyclic) bond motifs is 1. The van der Waals surface area contributed by atoms with Crippen molar-refractivity contribution >= 4 is 17.0 Å². The van der Waals surface area contributed by atoms with E-state index in [-0.39, 0.29) is 0 Å². The Morgan fingerprint density at radius 2 is 2.24 bits per heavy atom. The van der Waals surface area contributed by atoms with Crippen LogP contribution in [0.2, 0.25) is 0 Å². The number of nitrogens with zero attached hydrogens (tertiary/aromatic N) is 1. The molecule has 1 N–H and O–H groups in total. The van der Waals surface area contributed by atoms with Gasteiger partial charge in [-0.2, -0.15) is 0 Å². The van der Waals surface area contributed by atoms with Gasteiger partial charge in [0.05, 0.1) is 6.61 Å². The number of hydrogen-bond acceptors (Lipinski definition) is 3. The van der Waals surface area contributed by atoms with E-state index in [2.05, 4.69) is 11.9 Å². The average molecular weight is 228 g/mol. The summed E-state index contributed by atoms with van der Waals surface area (Å²) in [6.45, 7) is 2.72. The molecule has 3 nitrogen and oxygen atoms in total. The molecule has 0 aliphatic carbocycles. The third-order valence-corrected chi connectivity index (χ3v) is 2.67. The first-order valence-corrected chi connectivity index (χ1v) is 5.75. The Bertz CT molecular complexity index is 510. The molecular formula is C14H16N2O. The van der Waals surface area contributed by atoms with E-state index in [1.54, 1.807) is 6.20 Å². The Morgan fingerprint density at radius 1 is 1.35 bits per heavy atom. The summed E-state index contributed by atoms with van der Waals surface area (Å²) in [5.41, 5.74) is 0. The van der Waals surface area contributed by atoms with E-state index in [1.165, 1.54) is 11.6 Å². The fourth-order valence-electron chi connectivity index (χ4n) is 1.66. The van der Waals surface area contributed by atoms with Crippen molar-refractivity contribution in [3.63, 3.8) is 0 Å². The molecule has 2 rings (SSSR count). The molecule has 0 radical (unpaired) electrons. The van der Waals surface area contributed by atoms with Crippen molar-refractivity contribution in [1.29, 1.82) is 5.41 Å². The number of nitrogens with one attached hydrogen (secondary N) is 1. The second kappa shape index (κ2) is 5.43. The first-order valence-electron chi connectivity index (χ1n) is 5.75. The lowest BCUT2D eigenvalue weighted by Crippen LogP contribution is -2.08. The highest BCUT2D eigenvalue weighted by Crippen LogP contribution is 2.20. The smallest absolute Gasteiger partial charge is 0.119 e. The second-order valence-corrected chi connectivity index (χ2v) is 4.24. The summed E-state index contributed by atoms with van der Waals surface area (Å²) in [4.78, 5) is 4.09. The van der Waals surface area contributed by atoms with Crippen LogP contribution in [0.25, 0.3) is 10.8 Å². The van der Waals surface area contributed by atoms with E-state index in [9.17, 15) is 0 Å². The molecule has 0 saturated carbocycles. The SMILES string of the molecule is CC(CC=N)COc1ccc2ccncc2c1. The normalized spacial score (nSPS) is 12.3. The lowest BCUT2D eigenvalue weighted by molar-refractivity contribution is 0.265. The molecule has 0 bridgehead atoms. The first kappa shape index (κ1) is 11.6. The van der Waals surface area contributed by atoms with E-state index < -0.39 is 0 Å². The van der Waals surface area contributed by atoms with Crippen LogP contribution in [0.1, 0.15) is 13.3 Å². The molecule has 1 atom stereocenters. The summed E-state index contributed by atoms with van der Waals surface area (Å²) in [6, 6.07) is 7.99. The summed E-state index contributed by atoms with van der Waals surface area (Å²) in [6.07, 6.45) is 5.81. The Morgan fingerprint density at radius 3 is 3.06 bits per heavy atom. The van der Waals surface area contributed by atoms with Crippen LogP contribution in [0, 0.1) is 11.3 Å². The Balaban J connectivity index is 2.06. The van der Waals surface area contributed by atoms with Gasteiger partial charge >= 0.3 is 0 Å². The maximum atomic E-state index is 7.04. The molecule has 1 unspecified atom stereocenters. The molecule has 0 spiro atoms. The van der Waals surface area contributed by atoms with Gasteiger partial charge in [0.2, 0.25) is 0 Å². The van der Waals surface area contributed by atoms with Gasteiger partial charge < -0.3 is 10.1 Å². The minimum absolute atomic E-state index is 0.372. The fourth-order valence-corrected chi connectivity index (χ4v) is 1.66. The zero-order valence-corrected chi connectivity index (χ0v) is 9.89. The van der Waals surface area contributed by atoms with Crippen LogP contribution in [0.4, 0.5) is 0 Å². The summed E-state index contributed by atoms with van der Waals surface area (Å²) < 4.78 is 5.70. The van der Waals surface area contributed by atoms with Crippen LogP contribution in [-0.4, -0.2) is 17.8 Å². The molecule has 3 heteroatoms. The number of ether oxygens (including phenoxy) is 1. The Kier molecular flexibility index (Phi) is 3.70. The largest absolute Gasteiger partial charge is 0.493 e. The summed E-state index contributed by atoms with van der Waals surface area (Å²) >= 11 is 0. The van der Waals surface area contributed by atoms with Crippen molar-refractivity contribution in [2.24, 2.45) is 5.92 Å². The third kappa shape index (κ3) is 3.03. The van der Waals surface area contributed by atoms with Gasteiger partial charge in [-0.1, -0.05) is 13.0 Å². The van der Waals surface area contributed by atoms with Gasteiger partial charge in [0.25, 0.3) is 0 Å². The first-order chi connectivity index (χ1) is 8.29. The van der Waals surface area contributed by atoms with Gasteiger partial charge in [-0.3, -0.25) is 4.98 Å². The maximum absolute atomic E-state index is 7.04. The van der Waals surface area contributed by atoms with E-state index in [4.69, 9.17) is 10.1 Å². The number of hydrogen-bond donors (Lipinski definition) is 1. The minimum Gasteiger partial charge on any atom is -0.493 e. The van der Waals surface area contributed by atoms with E-state index in [0.717, 1.165) is 17.6 Å². The van der Waals surface area contributed by atoms with Crippen molar-refractivity contribution in [3.05, 3.63) is 36.7 Å². The number of rotatable bonds is 5. The highest BCUT2D eigenvalue weighted by Gasteiger charge is 2.02. The number of pyridine rings is 1. The van der Waals surface area contributed by atoms with Crippen LogP contribution in [-0.2, 0) is 0 Å². The quantitative estimate of drug-likeness (QED) is 0.798. The van der Waals surface area contributed by atoms with Gasteiger partial charge in [-0.25, -0.2) is 0 Å². The van der Waals surface area contributed by atoms with Crippen molar-refractivity contribution in [1.82, 2.24) is 4.98 Å². The molecule has 17 heavy (non-hydrogen) atoms. The molecule has 0 amide bonds. The van der Waals surface area contributed by atoms with Crippen LogP contribution in [0.15, 0.2) is 36.7 Å². The summed E-state index contributed by atoms with van der Waals surface area (Å²) in [5, 5.41) is 9.29. The predicted molar refractivity (Wildman–Crippen MR) is 69.8 cm³/mol. The van der Waals surface area contributed by atoms with Crippen LogP contribution >= 0.6 is 0 Å². The molecule has 1 heterocycles. The summed E-state index contributed by atoms with van der Waals surface area (Å²) in [5.74, 6) is 1.24. The molecule has 0 aliphatic heterocycles. The Hall–Kier alpha value is -1.90. The highest BCUT2D eigenvalue weighted by molar-refractivity contribution is 5.82. The average Bonchev–Trinajstić information content (AvgIpc) is 2.36. The molecule has 2 aromatic rings. The van der Waals surface area contributed by atoms with Crippen molar-refractivity contribution in [2.45, 2.75) is 13.3 Å². The van der Waals surface area contributed by atoms with Gasteiger partial charge in [-0.05, 0) is 42.1 Å². The molecule has 0 saturated heterocycles. The predicted octanol–water partition coefficient (Wildman–Crippen LogP) is 3.29. The standard InChI is InChI=1S/C14H16N2O/c1-11(4-6-15)10-17-14-3-2-12-5-7-16-9-13(12)8-14/h2-3,5-9,11,15H,4,10H2,1H3. The van der Waals surface area contributed by atoms with Crippen LogP contribution in [0.3, 0.4) is 0 Å². The number of benzene rings is 1. The molecule has 1 aromatic carbocycles. The highest BCUT2D eigenvalue weighted by atomic mass is 16.5. The fraction of sp³-hybridized carbons (Fsp3) is 0.286. The lowest BCUT2D eigenvalue weighted by atomic mass is 10.1. The van der Waals surface area contributed by atoms with Crippen LogP contribution < -0.4 is 4.74 Å². The van der Waals surface area contributed by atoms with Gasteiger partial charge in [-0.15, -0.1) is 0 Å². The monoisotopic (exact) mass is 228 g/mol. The van der Waals surface area contributed by atoms with Gasteiger partial charge in [0.15, 0.2) is 0 Å². The van der Waals surface area contributed by atoms with E-state index >= 15 is 0 Å². The van der Waals surface area contributed by atoms with Crippen molar-refractivity contribution < 1.29 is 4.74 Å². The molecule has 0 fully saturated rings. The van der Waals surface area contributed by atoms with E-state index in [1.807, 2.05) is 30.5 Å². The molecule has 88 valence electrons. The molecular weight excluding hydrogens is 212 g/mol. The second-order valence-electron chi connectivity index (χ2n) is 4.24. The van der Waals surface area contributed by atoms with Crippen LogP contribution in [0.5, 0.6) is 5.75 Å². The minimum atomic E-state index is 0.372. The van der Waals surface area contributed by atoms with Gasteiger partial charge in [0, 0.05) is 17.8 Å². The zero-order chi connectivity index (χ0) is 12.1. The lowest BCUT2D eigenvalue weighted by Gasteiger charge is -2.11. The maximum Gasteiger partial charge on any atom is 0.119 e. The van der Waals surface area contributed by atoms with Crippen molar-refractivity contribution in [2.75, 3.05) is 6.61 Å². The van der Waals surface area contributed by atoms with E-state index in [0.29, 0.717) is 12.5 Å². The molecule has 1 aromatic heterocycles. The number of aromatic nitrogens is 1. The molecule has 0 aliphatic rings. The topological polar surface area (TPSA) is 46.0 Å². The Labute approximate surface area is 101 Å². The zero-order valence-electron chi connectivity index (χ0n) is 9.89. The van der Waals surface area contributed by atoms with Crippen molar-refractivity contribution in [3.8, 4) is 5.75 Å². The third-order valence-electron chi connectivity index (χ3n) is 2.67.